The van der Waals surface area contributed by atoms with Gasteiger partial charge in [-0.25, -0.2) is 4.39 Å². The van der Waals surface area contributed by atoms with Crippen molar-refractivity contribution in [1.29, 1.82) is 0 Å². The molecule has 0 bridgehead atoms. The van der Waals surface area contributed by atoms with E-state index in [9.17, 15) is 9.50 Å². The first-order valence-electron chi connectivity index (χ1n) is 7.72. The van der Waals surface area contributed by atoms with Crippen molar-refractivity contribution in [2.75, 3.05) is 0 Å². The van der Waals surface area contributed by atoms with E-state index in [-0.39, 0.29) is 5.82 Å². The van der Waals surface area contributed by atoms with E-state index in [0.717, 1.165) is 18.8 Å². The molecule has 1 aliphatic carbocycles. The van der Waals surface area contributed by atoms with Crippen molar-refractivity contribution in [1.82, 2.24) is 0 Å². The van der Waals surface area contributed by atoms with Crippen LogP contribution in [0.2, 0.25) is 5.02 Å². The maximum atomic E-state index is 13.7. The summed E-state index contributed by atoms with van der Waals surface area (Å²) < 4.78 is 13.7. The molecule has 0 saturated heterocycles. The Morgan fingerprint density at radius 1 is 1.30 bits per heavy atom. The number of hydrogen-bond acceptors (Lipinski definition) is 1. The second kappa shape index (κ2) is 7.42. The topological polar surface area (TPSA) is 20.2 Å². The molecule has 0 aliphatic heterocycles. The van der Waals surface area contributed by atoms with Gasteiger partial charge in [-0.15, -0.1) is 0 Å². The van der Waals surface area contributed by atoms with Gasteiger partial charge in [-0.3, -0.25) is 0 Å². The van der Waals surface area contributed by atoms with E-state index in [1.54, 1.807) is 12.1 Å². The van der Waals surface area contributed by atoms with Gasteiger partial charge in [-0.1, -0.05) is 44.2 Å². The Hall–Kier alpha value is -0.600. The van der Waals surface area contributed by atoms with E-state index in [1.807, 2.05) is 0 Å². The SMILES string of the molecule is CCCC1CCC(C(O)Cc2cc(Cl)ccc2F)CC1. The largest absolute Gasteiger partial charge is 0.392 e. The van der Waals surface area contributed by atoms with Gasteiger partial charge < -0.3 is 5.11 Å². The first kappa shape index (κ1) is 15.8. The molecular formula is C17H24ClFO. The average molecular weight is 299 g/mol. The quantitative estimate of drug-likeness (QED) is 0.812. The minimum absolute atomic E-state index is 0.270. The molecule has 3 heteroatoms. The van der Waals surface area contributed by atoms with E-state index in [2.05, 4.69) is 6.92 Å². The maximum Gasteiger partial charge on any atom is 0.126 e. The second-order valence-electron chi connectivity index (χ2n) is 6.08. The number of aliphatic hydroxyl groups excluding tert-OH is 1. The summed E-state index contributed by atoms with van der Waals surface area (Å²) in [5, 5.41) is 10.9. The van der Waals surface area contributed by atoms with Gasteiger partial charge in [0, 0.05) is 11.4 Å². The molecule has 0 radical (unpaired) electrons. The first-order valence-corrected chi connectivity index (χ1v) is 8.10. The van der Waals surface area contributed by atoms with Crippen LogP contribution in [-0.4, -0.2) is 11.2 Å². The lowest BCUT2D eigenvalue weighted by molar-refractivity contribution is 0.0721. The number of benzene rings is 1. The minimum atomic E-state index is -0.453. The number of halogens is 2. The average Bonchev–Trinajstić information content (AvgIpc) is 2.44. The Labute approximate surface area is 126 Å². The third-order valence-corrected chi connectivity index (χ3v) is 4.80. The Morgan fingerprint density at radius 2 is 2.00 bits per heavy atom. The van der Waals surface area contributed by atoms with Crippen LogP contribution in [0.3, 0.4) is 0 Å². The smallest absolute Gasteiger partial charge is 0.126 e. The molecule has 0 amide bonds. The zero-order valence-electron chi connectivity index (χ0n) is 12.1. The third kappa shape index (κ3) is 4.20. The number of aliphatic hydroxyl groups is 1. The summed E-state index contributed by atoms with van der Waals surface area (Å²) in [6, 6.07) is 4.55. The highest BCUT2D eigenvalue weighted by atomic mass is 35.5. The molecular weight excluding hydrogens is 275 g/mol. The third-order valence-electron chi connectivity index (χ3n) is 4.57. The lowest BCUT2D eigenvalue weighted by Gasteiger charge is -2.31. The summed E-state index contributed by atoms with van der Waals surface area (Å²) in [7, 11) is 0. The molecule has 0 aromatic heterocycles. The summed E-state index contributed by atoms with van der Waals surface area (Å²) in [5.74, 6) is 0.862. The lowest BCUT2D eigenvalue weighted by Crippen LogP contribution is -2.27. The Bertz CT molecular complexity index is 427. The van der Waals surface area contributed by atoms with Crippen LogP contribution in [0.5, 0.6) is 0 Å². The van der Waals surface area contributed by atoms with Crippen molar-refractivity contribution in [2.45, 2.75) is 58.0 Å². The first-order chi connectivity index (χ1) is 9.60. The van der Waals surface area contributed by atoms with Crippen LogP contribution in [0.1, 0.15) is 51.0 Å². The van der Waals surface area contributed by atoms with E-state index in [0.29, 0.717) is 22.9 Å². The highest BCUT2D eigenvalue weighted by Gasteiger charge is 2.26. The monoisotopic (exact) mass is 298 g/mol. The molecule has 1 fully saturated rings. The number of rotatable bonds is 5. The van der Waals surface area contributed by atoms with Gasteiger partial charge in [-0.2, -0.15) is 0 Å². The Balaban J connectivity index is 1.89. The van der Waals surface area contributed by atoms with Crippen molar-refractivity contribution in [3.05, 3.63) is 34.6 Å². The van der Waals surface area contributed by atoms with Crippen molar-refractivity contribution >= 4 is 11.6 Å². The summed E-state index contributed by atoms with van der Waals surface area (Å²) in [4.78, 5) is 0. The molecule has 1 aromatic carbocycles. The van der Waals surface area contributed by atoms with Crippen LogP contribution in [0.25, 0.3) is 0 Å². The van der Waals surface area contributed by atoms with E-state index in [4.69, 9.17) is 11.6 Å². The van der Waals surface area contributed by atoms with Gasteiger partial charge in [0.15, 0.2) is 0 Å². The van der Waals surface area contributed by atoms with Gasteiger partial charge in [0.05, 0.1) is 6.10 Å². The van der Waals surface area contributed by atoms with Crippen molar-refractivity contribution in [2.24, 2.45) is 11.8 Å². The summed E-state index contributed by atoms with van der Waals surface area (Å²) in [5.41, 5.74) is 0.528. The van der Waals surface area contributed by atoms with Gasteiger partial charge in [-0.05, 0) is 48.4 Å². The van der Waals surface area contributed by atoms with Crippen LogP contribution in [0.4, 0.5) is 4.39 Å². The van der Waals surface area contributed by atoms with E-state index >= 15 is 0 Å². The zero-order valence-corrected chi connectivity index (χ0v) is 12.9. The zero-order chi connectivity index (χ0) is 14.5. The lowest BCUT2D eigenvalue weighted by atomic mass is 9.77. The highest BCUT2D eigenvalue weighted by molar-refractivity contribution is 6.30. The fraction of sp³-hybridized carbons (Fsp3) is 0.647. The van der Waals surface area contributed by atoms with Crippen LogP contribution >= 0.6 is 11.6 Å². The van der Waals surface area contributed by atoms with Crippen molar-refractivity contribution in [3.8, 4) is 0 Å². The fourth-order valence-corrected chi connectivity index (χ4v) is 3.56. The standard InChI is InChI=1S/C17H24ClFO/c1-2-3-12-4-6-13(7-5-12)17(20)11-14-10-15(18)8-9-16(14)19/h8-10,12-13,17,20H,2-7,11H2,1H3. The normalized spacial score (nSPS) is 24.6. The number of hydrogen-bond donors (Lipinski definition) is 1. The van der Waals surface area contributed by atoms with Gasteiger partial charge >= 0.3 is 0 Å². The van der Waals surface area contributed by atoms with Crippen LogP contribution < -0.4 is 0 Å². The van der Waals surface area contributed by atoms with Crippen LogP contribution in [0, 0.1) is 17.7 Å². The fourth-order valence-electron chi connectivity index (χ4n) is 3.36. The molecule has 1 atom stereocenters. The molecule has 0 spiro atoms. The van der Waals surface area contributed by atoms with Gasteiger partial charge in [0.25, 0.3) is 0 Å². The molecule has 1 saturated carbocycles. The van der Waals surface area contributed by atoms with E-state index in [1.165, 1.54) is 31.7 Å². The molecule has 1 nitrogen and oxygen atoms in total. The maximum absolute atomic E-state index is 13.7. The summed E-state index contributed by atoms with van der Waals surface area (Å²) in [6.07, 6.45) is 6.99. The Morgan fingerprint density at radius 3 is 2.65 bits per heavy atom. The predicted molar refractivity (Wildman–Crippen MR) is 81.5 cm³/mol. The molecule has 20 heavy (non-hydrogen) atoms. The van der Waals surface area contributed by atoms with Crippen molar-refractivity contribution in [3.63, 3.8) is 0 Å². The molecule has 2 rings (SSSR count). The molecule has 112 valence electrons. The summed E-state index contributed by atoms with van der Waals surface area (Å²) in [6.45, 7) is 2.23. The molecule has 1 N–H and O–H groups in total. The molecule has 0 heterocycles. The summed E-state index contributed by atoms with van der Waals surface area (Å²) >= 11 is 5.89. The van der Waals surface area contributed by atoms with Crippen LogP contribution in [-0.2, 0) is 6.42 Å². The molecule has 1 aromatic rings. The Kier molecular flexibility index (Phi) is 5.86. The van der Waals surface area contributed by atoms with Crippen LogP contribution in [0.15, 0.2) is 18.2 Å². The van der Waals surface area contributed by atoms with Gasteiger partial charge in [0.2, 0.25) is 0 Å². The molecule has 1 unspecified atom stereocenters. The predicted octanol–water partition coefficient (Wildman–Crippen LogP) is 4.99. The molecule has 1 aliphatic rings. The van der Waals surface area contributed by atoms with Gasteiger partial charge in [0.1, 0.15) is 5.82 Å². The van der Waals surface area contributed by atoms with E-state index < -0.39 is 6.10 Å². The van der Waals surface area contributed by atoms with Crippen molar-refractivity contribution < 1.29 is 9.50 Å². The minimum Gasteiger partial charge on any atom is -0.392 e. The highest BCUT2D eigenvalue weighted by Crippen LogP contribution is 2.34. The second-order valence-corrected chi connectivity index (χ2v) is 6.51.